The first-order valence-corrected chi connectivity index (χ1v) is 14.7. The molecule has 4 aromatic rings. The lowest BCUT2D eigenvalue weighted by Gasteiger charge is -2.33. The largest absolute Gasteiger partial charge is 0.484 e. The number of nitrogens with one attached hydrogen (secondary N) is 1. The second kappa shape index (κ2) is 11.9. The number of carbonyl (C=O) groups excluding carboxylic acids is 1. The highest BCUT2D eigenvalue weighted by Gasteiger charge is 2.26. The van der Waals surface area contributed by atoms with Gasteiger partial charge in [0.2, 0.25) is 0 Å². The lowest BCUT2D eigenvalue weighted by atomic mass is 9.81. The molecule has 0 bridgehead atoms. The van der Waals surface area contributed by atoms with Gasteiger partial charge in [-0.25, -0.2) is 0 Å². The van der Waals surface area contributed by atoms with Crippen LogP contribution >= 0.6 is 11.8 Å². The number of hydrogen-bond acceptors (Lipinski definition) is 8. The van der Waals surface area contributed by atoms with Crippen LogP contribution in [0.2, 0.25) is 0 Å². The van der Waals surface area contributed by atoms with E-state index in [0.717, 1.165) is 57.9 Å². The van der Waals surface area contributed by atoms with Crippen molar-refractivity contribution >= 4 is 28.6 Å². The Kier molecular flexibility index (Phi) is 7.95. The van der Waals surface area contributed by atoms with Crippen molar-refractivity contribution in [3.63, 3.8) is 0 Å². The van der Waals surface area contributed by atoms with Crippen LogP contribution in [-0.2, 0) is 24.3 Å². The quantitative estimate of drug-likeness (QED) is 0.334. The SMILES string of the molecule is NC(Cn1c(=O)ccc2ncc(Sc3ccccc3)cc21)C1CCC(NCc2ccc3c(n2)CC(=O)CO3)CC1. The average Bonchev–Trinajstić information content (AvgIpc) is 2.98. The fourth-order valence-electron chi connectivity index (χ4n) is 5.66. The van der Waals surface area contributed by atoms with E-state index in [0.29, 0.717) is 37.2 Å². The molecule has 3 N–H and O–H groups in total. The van der Waals surface area contributed by atoms with Gasteiger partial charge < -0.3 is 20.4 Å². The van der Waals surface area contributed by atoms with Crippen molar-refractivity contribution < 1.29 is 9.53 Å². The minimum absolute atomic E-state index is 0.0494. The van der Waals surface area contributed by atoms with Gasteiger partial charge in [0.05, 0.1) is 28.8 Å². The van der Waals surface area contributed by atoms with E-state index in [1.54, 1.807) is 28.5 Å². The van der Waals surface area contributed by atoms with Gasteiger partial charge in [-0.1, -0.05) is 30.0 Å². The molecule has 4 heterocycles. The molecule has 0 spiro atoms. The first kappa shape index (κ1) is 26.7. The van der Waals surface area contributed by atoms with Gasteiger partial charge in [0.1, 0.15) is 12.4 Å². The molecular formula is C31H33N5O3S. The second-order valence-electron chi connectivity index (χ2n) is 10.7. The minimum atomic E-state index is -0.116. The fourth-order valence-corrected chi connectivity index (χ4v) is 6.51. The second-order valence-corrected chi connectivity index (χ2v) is 11.8. The molecule has 0 radical (unpaired) electrons. The number of fused-ring (bicyclic) bond motifs is 2. The molecule has 1 atom stereocenters. The maximum Gasteiger partial charge on any atom is 0.251 e. The molecule has 3 aromatic heterocycles. The summed E-state index contributed by atoms with van der Waals surface area (Å²) in [7, 11) is 0. The highest BCUT2D eigenvalue weighted by Crippen LogP contribution is 2.30. The predicted octanol–water partition coefficient (Wildman–Crippen LogP) is 4.12. The third kappa shape index (κ3) is 6.11. The van der Waals surface area contributed by atoms with Crippen LogP contribution in [-0.4, -0.2) is 39.0 Å². The molecule has 1 unspecified atom stereocenters. The topological polar surface area (TPSA) is 112 Å². The Hall–Kier alpha value is -3.53. The molecule has 1 aliphatic heterocycles. The monoisotopic (exact) mass is 555 g/mol. The van der Waals surface area contributed by atoms with Gasteiger partial charge in [0, 0.05) is 47.2 Å². The number of carbonyl (C=O) groups is 1. The molecule has 1 aromatic carbocycles. The van der Waals surface area contributed by atoms with E-state index in [-0.39, 0.29) is 24.0 Å². The van der Waals surface area contributed by atoms with Gasteiger partial charge in [-0.2, -0.15) is 0 Å². The van der Waals surface area contributed by atoms with Crippen molar-refractivity contribution in [3.05, 3.63) is 88.6 Å². The van der Waals surface area contributed by atoms with Crippen LogP contribution in [0.25, 0.3) is 11.0 Å². The van der Waals surface area contributed by atoms with Gasteiger partial charge >= 0.3 is 0 Å². The number of Topliss-reactive ketones (excluding diaryl/α,β-unsaturated/α-hetero) is 1. The lowest BCUT2D eigenvalue weighted by Crippen LogP contribution is -2.42. The first-order chi connectivity index (χ1) is 19.5. The van der Waals surface area contributed by atoms with Gasteiger partial charge in [-0.05, 0) is 68.0 Å². The van der Waals surface area contributed by atoms with E-state index in [1.165, 1.54) is 0 Å². The van der Waals surface area contributed by atoms with Crippen LogP contribution in [0, 0.1) is 5.92 Å². The molecule has 9 heteroatoms. The summed E-state index contributed by atoms with van der Waals surface area (Å²) in [5.74, 6) is 1.12. The number of ether oxygens (including phenoxy) is 1. The Labute approximate surface area is 237 Å². The summed E-state index contributed by atoms with van der Waals surface area (Å²) in [4.78, 5) is 36.0. The Morgan fingerprint density at radius 1 is 1.02 bits per heavy atom. The standard InChI is InChI=1S/C31H33N5O3S/c32-26(18-36-29-15-25(40-24-4-2-1-3-5-24)17-34-27(29)11-13-31(36)38)20-6-8-21(9-7-20)33-16-22-10-12-30-28(35-22)14-23(37)19-39-30/h1-5,10-13,15,17,20-21,26,33H,6-9,14,16,18-19,32H2. The molecular weight excluding hydrogens is 522 g/mol. The van der Waals surface area contributed by atoms with E-state index in [2.05, 4.69) is 27.4 Å². The summed E-state index contributed by atoms with van der Waals surface area (Å²) in [6.45, 7) is 1.27. The fraction of sp³-hybridized carbons (Fsp3) is 0.355. The van der Waals surface area contributed by atoms with Crippen molar-refractivity contribution in [1.82, 2.24) is 19.9 Å². The normalized spacial score (nSPS) is 19.7. The molecule has 2 aliphatic rings. The van der Waals surface area contributed by atoms with Crippen LogP contribution in [0.15, 0.2) is 81.4 Å². The van der Waals surface area contributed by atoms with Crippen LogP contribution in [0.4, 0.5) is 0 Å². The van der Waals surface area contributed by atoms with Crippen molar-refractivity contribution in [1.29, 1.82) is 0 Å². The summed E-state index contributed by atoms with van der Waals surface area (Å²) in [6, 6.07) is 19.7. The average molecular weight is 556 g/mol. The van der Waals surface area contributed by atoms with Crippen molar-refractivity contribution in [2.75, 3.05) is 6.61 Å². The van der Waals surface area contributed by atoms with Crippen molar-refractivity contribution in [2.24, 2.45) is 11.7 Å². The van der Waals surface area contributed by atoms with E-state index < -0.39 is 0 Å². The first-order valence-electron chi connectivity index (χ1n) is 13.9. The number of rotatable bonds is 8. The van der Waals surface area contributed by atoms with Crippen LogP contribution in [0.5, 0.6) is 5.75 Å². The number of benzene rings is 1. The van der Waals surface area contributed by atoms with Gasteiger partial charge in [0.15, 0.2) is 5.78 Å². The predicted molar refractivity (Wildman–Crippen MR) is 156 cm³/mol. The molecule has 40 heavy (non-hydrogen) atoms. The van der Waals surface area contributed by atoms with Crippen LogP contribution in [0.1, 0.15) is 37.1 Å². The number of hydrogen-bond donors (Lipinski definition) is 2. The number of ketones is 1. The number of aromatic nitrogens is 3. The Bertz CT molecular complexity index is 1570. The molecule has 0 amide bonds. The van der Waals surface area contributed by atoms with Crippen molar-refractivity contribution in [2.45, 2.75) is 67.1 Å². The van der Waals surface area contributed by atoms with Crippen molar-refractivity contribution in [3.8, 4) is 5.75 Å². The highest BCUT2D eigenvalue weighted by molar-refractivity contribution is 7.99. The van der Waals surface area contributed by atoms with E-state index in [9.17, 15) is 9.59 Å². The smallest absolute Gasteiger partial charge is 0.251 e. The third-order valence-corrected chi connectivity index (χ3v) is 8.84. The Morgan fingerprint density at radius 2 is 1.85 bits per heavy atom. The van der Waals surface area contributed by atoms with E-state index in [4.69, 9.17) is 10.5 Å². The number of pyridine rings is 3. The van der Waals surface area contributed by atoms with E-state index in [1.807, 2.05) is 42.6 Å². The molecule has 0 saturated heterocycles. The molecule has 8 nitrogen and oxygen atoms in total. The maximum atomic E-state index is 12.9. The van der Waals surface area contributed by atoms with Crippen LogP contribution < -0.4 is 21.3 Å². The molecule has 1 aliphatic carbocycles. The summed E-state index contributed by atoms with van der Waals surface area (Å²) in [6.07, 6.45) is 6.26. The van der Waals surface area contributed by atoms with Crippen LogP contribution in [0.3, 0.4) is 0 Å². The zero-order valence-corrected chi connectivity index (χ0v) is 23.1. The zero-order chi connectivity index (χ0) is 27.5. The molecule has 206 valence electrons. The lowest BCUT2D eigenvalue weighted by molar-refractivity contribution is -0.121. The molecule has 1 saturated carbocycles. The zero-order valence-electron chi connectivity index (χ0n) is 22.3. The number of nitrogens with two attached hydrogens (primary N) is 1. The summed E-state index contributed by atoms with van der Waals surface area (Å²) in [5.41, 5.74) is 9.95. The Morgan fingerprint density at radius 3 is 2.67 bits per heavy atom. The third-order valence-electron chi connectivity index (χ3n) is 7.88. The highest BCUT2D eigenvalue weighted by atomic mass is 32.2. The molecule has 1 fully saturated rings. The maximum absolute atomic E-state index is 12.9. The van der Waals surface area contributed by atoms with Gasteiger partial charge in [-0.3, -0.25) is 19.6 Å². The summed E-state index contributed by atoms with van der Waals surface area (Å²) < 4.78 is 7.25. The summed E-state index contributed by atoms with van der Waals surface area (Å²) >= 11 is 1.63. The van der Waals surface area contributed by atoms with E-state index >= 15 is 0 Å². The van der Waals surface area contributed by atoms with Gasteiger partial charge in [0.25, 0.3) is 5.56 Å². The Balaban J connectivity index is 1.07. The molecule has 6 rings (SSSR count). The summed E-state index contributed by atoms with van der Waals surface area (Å²) in [5, 5.41) is 3.63. The van der Waals surface area contributed by atoms with Gasteiger partial charge in [-0.15, -0.1) is 0 Å². The minimum Gasteiger partial charge on any atom is -0.484 e. The number of nitrogens with zero attached hydrogens (tertiary/aromatic N) is 3.